The van der Waals surface area contributed by atoms with Gasteiger partial charge in [0.15, 0.2) is 0 Å². The van der Waals surface area contributed by atoms with Gasteiger partial charge in [-0.1, -0.05) is 74.5 Å². The first-order valence-electron chi connectivity index (χ1n) is 9.22. The fraction of sp³-hybridized carbons (Fsp3) is 0.455. The van der Waals surface area contributed by atoms with Gasteiger partial charge in [0.1, 0.15) is 12.2 Å². The van der Waals surface area contributed by atoms with Gasteiger partial charge in [-0.15, -0.1) is 0 Å². The Kier molecular flexibility index (Phi) is 12.4. The number of epoxide rings is 2. The number of benzene rings is 2. The smallest absolute Gasteiger partial charge is 0.104 e. The Morgan fingerprint density at radius 1 is 0.846 bits per heavy atom. The lowest BCUT2D eigenvalue weighted by molar-refractivity contribution is 0.171. The molecule has 2 unspecified atom stereocenters. The molecule has 0 aliphatic carbocycles. The minimum absolute atomic E-state index is 0.190. The molecule has 2 aliphatic rings. The molecule has 2 aromatic rings. The van der Waals surface area contributed by atoms with Crippen LogP contribution >= 0.6 is 0 Å². The zero-order chi connectivity index (χ0) is 19.0. The van der Waals surface area contributed by atoms with E-state index in [4.69, 9.17) is 14.6 Å². The number of hydrogen-bond donors (Lipinski definition) is 1. The maximum absolute atomic E-state index is 8.08. The van der Waals surface area contributed by atoms with Gasteiger partial charge in [0.2, 0.25) is 0 Å². The van der Waals surface area contributed by atoms with Gasteiger partial charge in [0.25, 0.3) is 0 Å². The molecule has 2 fully saturated rings. The van der Waals surface area contributed by atoms with E-state index >= 15 is 0 Å². The second-order valence-corrected chi connectivity index (χ2v) is 5.70. The van der Waals surface area contributed by atoms with Crippen molar-refractivity contribution in [3.63, 3.8) is 0 Å². The Morgan fingerprint density at radius 3 is 1.50 bits per heavy atom. The molecule has 1 N–H and O–H groups in total. The molecule has 4 nitrogen and oxygen atoms in total. The predicted molar refractivity (Wildman–Crippen MR) is 105 cm³/mol. The van der Waals surface area contributed by atoms with Crippen LogP contribution in [-0.2, 0) is 20.6 Å². The van der Waals surface area contributed by atoms with Crippen molar-refractivity contribution < 1.29 is 19.3 Å². The Labute approximate surface area is 157 Å². The molecule has 144 valence electrons. The fourth-order valence-corrected chi connectivity index (χ4v) is 1.95. The summed E-state index contributed by atoms with van der Waals surface area (Å²) in [5.74, 6) is 0. The summed E-state index contributed by atoms with van der Waals surface area (Å²) in [7, 11) is 1.68. The number of ether oxygens (including phenoxy) is 3. The molecule has 2 heterocycles. The first-order valence-corrected chi connectivity index (χ1v) is 9.22. The molecular weight excluding hydrogens is 328 g/mol. The van der Waals surface area contributed by atoms with Gasteiger partial charge < -0.3 is 19.3 Å². The zero-order valence-corrected chi connectivity index (χ0v) is 16.1. The molecule has 4 heteroatoms. The van der Waals surface area contributed by atoms with E-state index < -0.39 is 0 Å². The van der Waals surface area contributed by atoms with Gasteiger partial charge in [0, 0.05) is 7.11 Å². The summed E-state index contributed by atoms with van der Waals surface area (Å²) < 4.78 is 14.2. The van der Waals surface area contributed by atoms with Crippen molar-refractivity contribution in [1.82, 2.24) is 0 Å². The summed E-state index contributed by atoms with van der Waals surface area (Å²) >= 11 is 0. The lowest BCUT2D eigenvalue weighted by Gasteiger charge is -2.00. The minimum atomic E-state index is 0.190. The topological polar surface area (TPSA) is 54.5 Å². The van der Waals surface area contributed by atoms with E-state index in [-0.39, 0.29) is 12.7 Å². The molecule has 4 rings (SSSR count). The molecule has 2 saturated heterocycles. The standard InChI is InChI=1S/C13H12.C4H8O2.C3H6O2.C2H6/c1-3-7-12(8-4-1)11-13-9-5-2-6-10-13;1-5-2-4-3-6-4;4-1-3-2-5-3;1-2/h1-10H,11H2;4H,2-3H2,1H3;3-4H,1-2H2;1-2H3. The van der Waals surface area contributed by atoms with Gasteiger partial charge in [-0.3, -0.25) is 0 Å². The van der Waals surface area contributed by atoms with Gasteiger partial charge in [-0.25, -0.2) is 0 Å². The van der Waals surface area contributed by atoms with E-state index in [1.54, 1.807) is 7.11 Å². The largest absolute Gasteiger partial charge is 0.394 e. The van der Waals surface area contributed by atoms with Crippen LogP contribution < -0.4 is 0 Å². The third kappa shape index (κ3) is 11.8. The summed E-state index contributed by atoms with van der Waals surface area (Å²) in [6.07, 6.45) is 1.65. The highest BCUT2D eigenvalue weighted by Crippen LogP contribution is 2.08. The lowest BCUT2D eigenvalue weighted by atomic mass is 10.1. The summed E-state index contributed by atoms with van der Waals surface area (Å²) in [4.78, 5) is 0. The zero-order valence-electron chi connectivity index (χ0n) is 16.1. The molecular formula is C22H32O4. The fourth-order valence-electron chi connectivity index (χ4n) is 1.95. The molecule has 2 atom stereocenters. The van der Waals surface area contributed by atoms with E-state index in [0.29, 0.717) is 6.10 Å². The van der Waals surface area contributed by atoms with Gasteiger partial charge in [0.05, 0.1) is 26.4 Å². The first kappa shape index (κ1) is 22.3. The third-order valence-corrected chi connectivity index (χ3v) is 3.45. The third-order valence-electron chi connectivity index (χ3n) is 3.45. The van der Waals surface area contributed by atoms with Crippen LogP contribution in [0.3, 0.4) is 0 Å². The van der Waals surface area contributed by atoms with Crippen LogP contribution in [0.15, 0.2) is 60.7 Å². The average Bonchev–Trinajstić information content (AvgIpc) is 3.61. The normalized spacial score (nSPS) is 18.8. The van der Waals surface area contributed by atoms with Gasteiger partial charge in [-0.2, -0.15) is 0 Å². The van der Waals surface area contributed by atoms with Crippen molar-refractivity contribution >= 4 is 0 Å². The van der Waals surface area contributed by atoms with Crippen LogP contribution in [0.2, 0.25) is 0 Å². The Balaban J connectivity index is 0.000000215. The van der Waals surface area contributed by atoms with Crippen LogP contribution in [0.4, 0.5) is 0 Å². The Morgan fingerprint density at radius 2 is 1.27 bits per heavy atom. The van der Waals surface area contributed by atoms with Crippen LogP contribution in [0.25, 0.3) is 0 Å². The van der Waals surface area contributed by atoms with Crippen molar-refractivity contribution in [2.24, 2.45) is 0 Å². The van der Waals surface area contributed by atoms with Crippen molar-refractivity contribution in [2.75, 3.05) is 33.5 Å². The van der Waals surface area contributed by atoms with Crippen LogP contribution in [0.1, 0.15) is 25.0 Å². The van der Waals surface area contributed by atoms with Gasteiger partial charge in [-0.05, 0) is 17.5 Å². The lowest BCUT2D eigenvalue weighted by Crippen LogP contribution is -1.94. The number of aliphatic hydroxyl groups is 1. The number of rotatable bonds is 5. The van der Waals surface area contributed by atoms with Gasteiger partial charge >= 0.3 is 0 Å². The second-order valence-electron chi connectivity index (χ2n) is 5.70. The van der Waals surface area contributed by atoms with Crippen molar-refractivity contribution in [3.8, 4) is 0 Å². The number of methoxy groups -OCH3 is 1. The molecule has 2 aromatic carbocycles. The van der Waals surface area contributed by atoms with Crippen LogP contribution in [-0.4, -0.2) is 50.9 Å². The predicted octanol–water partition coefficient (Wildman–Crippen LogP) is 3.71. The Hall–Kier alpha value is -1.72. The Bertz CT molecular complexity index is 499. The van der Waals surface area contributed by atoms with E-state index in [1.807, 2.05) is 13.8 Å². The van der Waals surface area contributed by atoms with E-state index in [9.17, 15) is 0 Å². The van der Waals surface area contributed by atoms with Crippen LogP contribution in [0.5, 0.6) is 0 Å². The maximum atomic E-state index is 8.08. The summed E-state index contributed by atoms with van der Waals surface area (Å²) in [6, 6.07) is 21.1. The highest BCUT2D eigenvalue weighted by molar-refractivity contribution is 5.25. The SMILES string of the molecule is CC.COCC1CO1.OCC1CO1.c1ccc(Cc2ccccc2)cc1. The highest BCUT2D eigenvalue weighted by atomic mass is 16.6. The van der Waals surface area contributed by atoms with Crippen molar-refractivity contribution in [3.05, 3.63) is 71.8 Å². The summed E-state index contributed by atoms with van der Waals surface area (Å²) in [5, 5.41) is 8.08. The quantitative estimate of drug-likeness (QED) is 0.826. The monoisotopic (exact) mass is 360 g/mol. The van der Waals surface area contributed by atoms with E-state index in [1.165, 1.54) is 11.1 Å². The maximum Gasteiger partial charge on any atom is 0.104 e. The second kappa shape index (κ2) is 14.4. The highest BCUT2D eigenvalue weighted by Gasteiger charge is 2.21. The molecule has 0 saturated carbocycles. The van der Waals surface area contributed by atoms with E-state index in [0.717, 1.165) is 26.2 Å². The summed E-state index contributed by atoms with van der Waals surface area (Å²) in [5.41, 5.74) is 2.74. The van der Waals surface area contributed by atoms with E-state index in [2.05, 4.69) is 65.4 Å². The van der Waals surface area contributed by atoms with Crippen molar-refractivity contribution in [1.29, 1.82) is 0 Å². The minimum Gasteiger partial charge on any atom is -0.394 e. The molecule has 2 aliphatic heterocycles. The van der Waals surface area contributed by atoms with Crippen LogP contribution in [0, 0.1) is 0 Å². The molecule has 0 radical (unpaired) electrons. The molecule has 0 bridgehead atoms. The number of aliphatic hydroxyl groups excluding tert-OH is 1. The number of hydrogen-bond acceptors (Lipinski definition) is 4. The molecule has 0 aromatic heterocycles. The molecule has 26 heavy (non-hydrogen) atoms. The summed E-state index contributed by atoms with van der Waals surface area (Å²) in [6.45, 7) is 6.62. The molecule has 0 amide bonds. The van der Waals surface area contributed by atoms with Crippen molar-refractivity contribution in [2.45, 2.75) is 32.5 Å². The first-order chi connectivity index (χ1) is 12.8. The molecule has 0 spiro atoms. The average molecular weight is 360 g/mol.